The second-order valence-electron chi connectivity index (χ2n) is 4.91. The zero-order chi connectivity index (χ0) is 15.2. The largest absolute Gasteiger partial charge is 0.374 e. The molecule has 1 aromatic heterocycles. The quantitative estimate of drug-likeness (QED) is 0.705. The van der Waals surface area contributed by atoms with Crippen LogP contribution in [0.2, 0.25) is 5.15 Å². The number of hydrogen-bond acceptors (Lipinski definition) is 4. The predicted octanol–water partition coefficient (Wildman–Crippen LogP) is 4.94. The Hall–Kier alpha value is -1.10. The monoisotopic (exact) mass is 322 g/mol. The Morgan fingerprint density at radius 2 is 1.90 bits per heavy atom. The number of rotatable bonds is 6. The lowest BCUT2D eigenvalue weighted by molar-refractivity contribution is 0.128. The molecule has 0 unspecified atom stereocenters. The molecule has 0 aliphatic heterocycles. The van der Waals surface area contributed by atoms with Crippen LogP contribution >= 0.6 is 23.4 Å². The molecule has 21 heavy (non-hydrogen) atoms. The maximum atomic E-state index is 6.04. The third-order valence-corrected chi connectivity index (χ3v) is 4.04. The lowest BCUT2D eigenvalue weighted by Crippen LogP contribution is -2.00. The Kier molecular flexibility index (Phi) is 6.03. The first-order chi connectivity index (χ1) is 10.1. The molecule has 1 heterocycles. The molecule has 0 aliphatic rings. The normalized spacial score (nSPS) is 11.1. The molecule has 0 spiro atoms. The fourth-order valence-corrected chi connectivity index (χ4v) is 2.89. The molecule has 5 heteroatoms. The molecular formula is C16H19ClN2OS. The van der Waals surface area contributed by atoms with E-state index in [0.29, 0.717) is 30.1 Å². The van der Waals surface area contributed by atoms with E-state index < -0.39 is 0 Å². The van der Waals surface area contributed by atoms with Crippen molar-refractivity contribution < 1.29 is 4.74 Å². The molecule has 0 amide bonds. The van der Waals surface area contributed by atoms with Gasteiger partial charge < -0.3 is 4.74 Å². The van der Waals surface area contributed by atoms with E-state index in [1.165, 1.54) is 5.56 Å². The second-order valence-corrected chi connectivity index (χ2v) is 6.39. The van der Waals surface area contributed by atoms with E-state index >= 15 is 0 Å². The van der Waals surface area contributed by atoms with Crippen LogP contribution in [0, 0.1) is 0 Å². The van der Waals surface area contributed by atoms with Crippen molar-refractivity contribution in [2.75, 3.05) is 6.61 Å². The van der Waals surface area contributed by atoms with Crippen LogP contribution in [0.15, 0.2) is 40.3 Å². The molecule has 0 saturated heterocycles. The maximum absolute atomic E-state index is 6.04. The first kappa shape index (κ1) is 16.3. The van der Waals surface area contributed by atoms with E-state index in [9.17, 15) is 0 Å². The number of halogens is 1. The smallest absolute Gasteiger partial charge is 0.157 e. The van der Waals surface area contributed by atoms with Crippen molar-refractivity contribution in [3.8, 4) is 0 Å². The van der Waals surface area contributed by atoms with E-state index in [1.807, 2.05) is 6.92 Å². The third kappa shape index (κ3) is 4.99. The van der Waals surface area contributed by atoms with Crippen LogP contribution in [0.4, 0.5) is 0 Å². The summed E-state index contributed by atoms with van der Waals surface area (Å²) in [5.74, 6) is 1.15. The van der Waals surface area contributed by atoms with Crippen molar-refractivity contribution in [1.29, 1.82) is 0 Å². The average Bonchev–Trinajstić information content (AvgIpc) is 2.45. The van der Waals surface area contributed by atoms with E-state index in [1.54, 1.807) is 17.8 Å². The van der Waals surface area contributed by atoms with Crippen molar-refractivity contribution in [2.24, 2.45) is 0 Å². The van der Waals surface area contributed by atoms with Crippen LogP contribution in [-0.2, 0) is 11.3 Å². The number of benzene rings is 1. The minimum absolute atomic E-state index is 0.386. The van der Waals surface area contributed by atoms with Gasteiger partial charge in [0.2, 0.25) is 0 Å². The van der Waals surface area contributed by atoms with Gasteiger partial charge in [0.25, 0.3) is 0 Å². The summed E-state index contributed by atoms with van der Waals surface area (Å²) in [6.07, 6.45) is 0. The summed E-state index contributed by atoms with van der Waals surface area (Å²) in [6, 6.07) is 10.3. The molecule has 2 rings (SSSR count). The SMILES string of the molecule is CCOCc1nc(Cl)cc(Sc2ccc(C(C)C)cc2)n1. The summed E-state index contributed by atoms with van der Waals surface area (Å²) in [4.78, 5) is 9.77. The molecular weight excluding hydrogens is 304 g/mol. The van der Waals surface area contributed by atoms with Crippen molar-refractivity contribution >= 4 is 23.4 Å². The molecule has 0 radical (unpaired) electrons. The third-order valence-electron chi connectivity index (χ3n) is 2.92. The topological polar surface area (TPSA) is 35.0 Å². The summed E-state index contributed by atoms with van der Waals surface area (Å²) < 4.78 is 5.33. The maximum Gasteiger partial charge on any atom is 0.157 e. The van der Waals surface area contributed by atoms with Gasteiger partial charge in [-0.2, -0.15) is 0 Å². The molecule has 2 aromatic rings. The summed E-state index contributed by atoms with van der Waals surface area (Å²) in [5, 5.41) is 1.28. The van der Waals surface area contributed by atoms with Gasteiger partial charge >= 0.3 is 0 Å². The van der Waals surface area contributed by atoms with Gasteiger partial charge in [-0.05, 0) is 30.5 Å². The van der Waals surface area contributed by atoms with Gasteiger partial charge in [-0.1, -0.05) is 49.3 Å². The van der Waals surface area contributed by atoms with Crippen LogP contribution in [-0.4, -0.2) is 16.6 Å². The van der Waals surface area contributed by atoms with Gasteiger partial charge in [0.05, 0.1) is 0 Å². The number of nitrogens with zero attached hydrogens (tertiary/aromatic N) is 2. The Labute approximate surface area is 135 Å². The van der Waals surface area contributed by atoms with E-state index in [4.69, 9.17) is 16.3 Å². The van der Waals surface area contributed by atoms with Gasteiger partial charge in [-0.15, -0.1) is 0 Å². The predicted molar refractivity (Wildman–Crippen MR) is 87.0 cm³/mol. The van der Waals surface area contributed by atoms with E-state index in [2.05, 4.69) is 48.1 Å². The Morgan fingerprint density at radius 1 is 1.19 bits per heavy atom. The van der Waals surface area contributed by atoms with Gasteiger partial charge in [0, 0.05) is 17.6 Å². The fourth-order valence-electron chi connectivity index (χ4n) is 1.79. The average molecular weight is 323 g/mol. The minimum atomic E-state index is 0.386. The number of aromatic nitrogens is 2. The zero-order valence-electron chi connectivity index (χ0n) is 12.5. The molecule has 0 aliphatic carbocycles. The molecule has 112 valence electrons. The molecule has 1 aromatic carbocycles. The summed E-state index contributed by atoms with van der Waals surface area (Å²) in [5.41, 5.74) is 1.33. The van der Waals surface area contributed by atoms with Gasteiger partial charge in [0.1, 0.15) is 16.8 Å². The first-order valence-corrected chi connectivity index (χ1v) is 8.17. The van der Waals surface area contributed by atoms with Gasteiger partial charge in [0.15, 0.2) is 5.82 Å². The molecule has 0 N–H and O–H groups in total. The molecule has 0 atom stereocenters. The minimum Gasteiger partial charge on any atom is -0.374 e. The summed E-state index contributed by atoms with van der Waals surface area (Å²) in [7, 11) is 0. The van der Waals surface area contributed by atoms with Crippen LogP contribution in [0.3, 0.4) is 0 Å². The van der Waals surface area contributed by atoms with E-state index in [-0.39, 0.29) is 0 Å². The lowest BCUT2D eigenvalue weighted by Gasteiger charge is -2.07. The highest BCUT2D eigenvalue weighted by molar-refractivity contribution is 7.99. The summed E-state index contributed by atoms with van der Waals surface area (Å²) in [6.45, 7) is 7.33. The zero-order valence-corrected chi connectivity index (χ0v) is 14.0. The standard InChI is InChI=1S/C16H19ClN2OS/c1-4-20-10-15-18-14(17)9-16(19-15)21-13-7-5-12(6-8-13)11(2)3/h5-9,11H,4,10H2,1-3H3. The summed E-state index contributed by atoms with van der Waals surface area (Å²) >= 11 is 7.62. The highest BCUT2D eigenvalue weighted by Crippen LogP contribution is 2.28. The molecule has 0 saturated carbocycles. The number of ether oxygens (including phenoxy) is 1. The van der Waals surface area contributed by atoms with Crippen molar-refractivity contribution in [3.63, 3.8) is 0 Å². The van der Waals surface area contributed by atoms with Gasteiger partial charge in [-0.25, -0.2) is 9.97 Å². The van der Waals surface area contributed by atoms with Crippen LogP contribution < -0.4 is 0 Å². The van der Waals surface area contributed by atoms with Crippen molar-refractivity contribution in [2.45, 2.75) is 43.2 Å². The fraction of sp³-hybridized carbons (Fsp3) is 0.375. The Morgan fingerprint density at radius 3 is 2.52 bits per heavy atom. The Balaban J connectivity index is 2.12. The molecule has 0 fully saturated rings. The van der Waals surface area contributed by atoms with Crippen molar-refractivity contribution in [3.05, 3.63) is 46.9 Å². The Bertz CT molecular complexity index is 587. The highest BCUT2D eigenvalue weighted by Gasteiger charge is 2.06. The van der Waals surface area contributed by atoms with Crippen molar-refractivity contribution in [1.82, 2.24) is 9.97 Å². The number of hydrogen-bond donors (Lipinski definition) is 0. The lowest BCUT2D eigenvalue weighted by atomic mass is 10.0. The van der Waals surface area contributed by atoms with Crippen LogP contribution in [0.5, 0.6) is 0 Å². The van der Waals surface area contributed by atoms with E-state index in [0.717, 1.165) is 9.92 Å². The molecule has 3 nitrogen and oxygen atoms in total. The molecule has 0 bridgehead atoms. The first-order valence-electron chi connectivity index (χ1n) is 6.97. The van der Waals surface area contributed by atoms with Crippen LogP contribution in [0.25, 0.3) is 0 Å². The second kappa shape index (κ2) is 7.78. The van der Waals surface area contributed by atoms with Crippen LogP contribution in [0.1, 0.15) is 38.1 Å². The highest BCUT2D eigenvalue weighted by atomic mass is 35.5. The van der Waals surface area contributed by atoms with Gasteiger partial charge in [-0.3, -0.25) is 0 Å².